The minimum Gasteiger partial charge on any atom is -0.480 e. The minimum absolute atomic E-state index is 0.0208. The van der Waals surface area contributed by atoms with Crippen molar-refractivity contribution in [3.05, 3.63) is 23.9 Å². The topological polar surface area (TPSA) is 42.4 Å². The number of rotatable bonds is 4. The van der Waals surface area contributed by atoms with Crippen LogP contribution < -0.4 is 4.74 Å². The summed E-state index contributed by atoms with van der Waals surface area (Å²) >= 11 is 0. The first-order valence-electron chi connectivity index (χ1n) is 5.96. The Balaban J connectivity index is 2.28. The van der Waals surface area contributed by atoms with Crippen LogP contribution in [0.5, 0.6) is 5.88 Å². The molecule has 1 fully saturated rings. The molecule has 0 bridgehead atoms. The summed E-state index contributed by atoms with van der Waals surface area (Å²) in [6, 6.07) is 4.14. The molecule has 0 atom stereocenters. The molecule has 0 spiro atoms. The molecule has 1 aromatic rings. The fourth-order valence-corrected chi connectivity index (χ4v) is 2.03. The Morgan fingerprint density at radius 3 is 2.76 bits per heavy atom. The van der Waals surface area contributed by atoms with Gasteiger partial charge >= 0.3 is 0 Å². The van der Waals surface area contributed by atoms with Gasteiger partial charge in [-0.1, -0.05) is 0 Å². The first-order chi connectivity index (χ1) is 8.15. The third-order valence-electron chi connectivity index (χ3n) is 2.93. The SMILES string of the molecule is COc1ncccc1C(=O)N(C(C)C)C1CC1. The Labute approximate surface area is 102 Å². The molecule has 4 heteroatoms. The van der Waals surface area contributed by atoms with Crippen LogP contribution in [0.3, 0.4) is 0 Å². The summed E-state index contributed by atoms with van der Waals surface area (Å²) in [4.78, 5) is 18.5. The van der Waals surface area contributed by atoms with E-state index in [9.17, 15) is 4.79 Å². The van der Waals surface area contributed by atoms with Crippen LogP contribution in [0.25, 0.3) is 0 Å². The maximum Gasteiger partial charge on any atom is 0.259 e. The van der Waals surface area contributed by atoms with Gasteiger partial charge < -0.3 is 9.64 Å². The van der Waals surface area contributed by atoms with Crippen LogP contribution in [-0.2, 0) is 0 Å². The molecular weight excluding hydrogens is 216 g/mol. The molecule has 0 saturated heterocycles. The van der Waals surface area contributed by atoms with E-state index in [4.69, 9.17) is 4.74 Å². The standard InChI is InChI=1S/C13H18N2O2/c1-9(2)15(10-6-7-10)13(16)11-5-4-8-14-12(11)17-3/h4-5,8-10H,6-7H2,1-3H3. The zero-order chi connectivity index (χ0) is 12.4. The van der Waals surface area contributed by atoms with Gasteiger partial charge in [-0.3, -0.25) is 4.79 Å². The van der Waals surface area contributed by atoms with Crippen molar-refractivity contribution < 1.29 is 9.53 Å². The quantitative estimate of drug-likeness (QED) is 0.801. The van der Waals surface area contributed by atoms with Gasteiger partial charge in [0.1, 0.15) is 5.56 Å². The minimum atomic E-state index is 0.0208. The van der Waals surface area contributed by atoms with E-state index in [1.165, 1.54) is 7.11 Å². The molecule has 17 heavy (non-hydrogen) atoms. The summed E-state index contributed by atoms with van der Waals surface area (Å²) < 4.78 is 5.14. The Hall–Kier alpha value is -1.58. The molecular formula is C13H18N2O2. The lowest BCUT2D eigenvalue weighted by Gasteiger charge is -2.27. The fourth-order valence-electron chi connectivity index (χ4n) is 2.03. The lowest BCUT2D eigenvalue weighted by atomic mass is 10.2. The smallest absolute Gasteiger partial charge is 0.259 e. The van der Waals surface area contributed by atoms with E-state index in [0.717, 1.165) is 12.8 Å². The molecule has 0 aliphatic heterocycles. The van der Waals surface area contributed by atoms with E-state index in [-0.39, 0.29) is 11.9 Å². The van der Waals surface area contributed by atoms with E-state index in [1.807, 2.05) is 18.7 Å². The van der Waals surface area contributed by atoms with Gasteiger partial charge in [-0.15, -0.1) is 0 Å². The molecule has 92 valence electrons. The molecule has 0 unspecified atom stereocenters. The summed E-state index contributed by atoms with van der Waals surface area (Å²) in [5, 5.41) is 0. The van der Waals surface area contributed by atoms with Gasteiger partial charge in [0.25, 0.3) is 5.91 Å². The monoisotopic (exact) mass is 234 g/mol. The number of pyridine rings is 1. The van der Waals surface area contributed by atoms with Crippen LogP contribution in [-0.4, -0.2) is 35.0 Å². The fraction of sp³-hybridized carbons (Fsp3) is 0.538. The zero-order valence-electron chi connectivity index (χ0n) is 10.5. The second-order valence-electron chi connectivity index (χ2n) is 4.60. The summed E-state index contributed by atoms with van der Waals surface area (Å²) in [6.45, 7) is 4.08. The average Bonchev–Trinajstić information content (AvgIpc) is 3.13. The predicted octanol–water partition coefficient (Wildman–Crippen LogP) is 2.10. The van der Waals surface area contributed by atoms with Crippen LogP contribution in [0.15, 0.2) is 18.3 Å². The van der Waals surface area contributed by atoms with Crippen molar-refractivity contribution >= 4 is 5.91 Å². The lowest BCUT2D eigenvalue weighted by Crippen LogP contribution is -2.39. The van der Waals surface area contributed by atoms with E-state index in [1.54, 1.807) is 18.3 Å². The van der Waals surface area contributed by atoms with Gasteiger partial charge in [0.2, 0.25) is 5.88 Å². The highest BCUT2D eigenvalue weighted by molar-refractivity contribution is 5.96. The number of nitrogens with zero attached hydrogens (tertiary/aromatic N) is 2. The Morgan fingerprint density at radius 2 is 2.24 bits per heavy atom. The first kappa shape index (κ1) is 11.9. The van der Waals surface area contributed by atoms with E-state index in [2.05, 4.69) is 4.98 Å². The molecule has 0 N–H and O–H groups in total. The van der Waals surface area contributed by atoms with Crippen LogP contribution in [0.1, 0.15) is 37.0 Å². The van der Waals surface area contributed by atoms with Gasteiger partial charge in [-0.25, -0.2) is 4.98 Å². The first-order valence-corrected chi connectivity index (χ1v) is 5.96. The van der Waals surface area contributed by atoms with Gasteiger partial charge in [0.15, 0.2) is 0 Å². The van der Waals surface area contributed by atoms with Crippen LogP contribution in [0.4, 0.5) is 0 Å². The number of hydrogen-bond donors (Lipinski definition) is 0. The van der Waals surface area contributed by atoms with Crippen molar-refractivity contribution in [2.45, 2.75) is 38.8 Å². The summed E-state index contributed by atoms with van der Waals surface area (Å²) in [5.41, 5.74) is 0.551. The molecule has 4 nitrogen and oxygen atoms in total. The van der Waals surface area contributed by atoms with Crippen LogP contribution >= 0.6 is 0 Å². The highest BCUT2D eigenvalue weighted by atomic mass is 16.5. The normalized spacial score (nSPS) is 14.8. The van der Waals surface area contributed by atoms with Crippen molar-refractivity contribution in [3.63, 3.8) is 0 Å². The van der Waals surface area contributed by atoms with E-state index < -0.39 is 0 Å². The average molecular weight is 234 g/mol. The molecule has 1 saturated carbocycles. The number of carbonyl (C=O) groups is 1. The Bertz CT molecular complexity index is 412. The van der Waals surface area contributed by atoms with E-state index >= 15 is 0 Å². The number of carbonyl (C=O) groups excluding carboxylic acids is 1. The van der Waals surface area contributed by atoms with Crippen molar-refractivity contribution in [1.29, 1.82) is 0 Å². The zero-order valence-corrected chi connectivity index (χ0v) is 10.5. The molecule has 1 amide bonds. The number of methoxy groups -OCH3 is 1. The number of ether oxygens (including phenoxy) is 1. The lowest BCUT2D eigenvalue weighted by molar-refractivity contribution is 0.0686. The Morgan fingerprint density at radius 1 is 1.53 bits per heavy atom. The van der Waals surface area contributed by atoms with Gasteiger partial charge in [0.05, 0.1) is 7.11 Å². The third-order valence-corrected chi connectivity index (χ3v) is 2.93. The van der Waals surface area contributed by atoms with Gasteiger partial charge in [-0.05, 0) is 38.8 Å². The van der Waals surface area contributed by atoms with Gasteiger partial charge in [-0.2, -0.15) is 0 Å². The second kappa shape index (κ2) is 4.73. The highest BCUT2D eigenvalue weighted by Crippen LogP contribution is 2.31. The van der Waals surface area contributed by atoms with Crippen molar-refractivity contribution in [1.82, 2.24) is 9.88 Å². The molecule has 1 aliphatic carbocycles. The number of hydrogen-bond acceptors (Lipinski definition) is 3. The third kappa shape index (κ3) is 2.40. The van der Waals surface area contributed by atoms with Crippen molar-refractivity contribution in [3.8, 4) is 5.88 Å². The predicted molar refractivity (Wildman–Crippen MR) is 65.1 cm³/mol. The van der Waals surface area contributed by atoms with Crippen LogP contribution in [0, 0.1) is 0 Å². The number of amides is 1. The van der Waals surface area contributed by atoms with E-state index in [0.29, 0.717) is 17.5 Å². The Kier molecular flexibility index (Phi) is 3.31. The summed E-state index contributed by atoms with van der Waals surface area (Å²) in [6.07, 6.45) is 3.84. The second-order valence-corrected chi connectivity index (χ2v) is 4.60. The van der Waals surface area contributed by atoms with Gasteiger partial charge in [0, 0.05) is 18.3 Å². The molecule has 1 heterocycles. The van der Waals surface area contributed by atoms with Crippen LogP contribution in [0.2, 0.25) is 0 Å². The number of aromatic nitrogens is 1. The molecule has 0 aromatic carbocycles. The molecule has 2 rings (SSSR count). The van der Waals surface area contributed by atoms with Crippen molar-refractivity contribution in [2.75, 3.05) is 7.11 Å². The molecule has 1 aliphatic rings. The molecule has 1 aromatic heterocycles. The largest absolute Gasteiger partial charge is 0.480 e. The van der Waals surface area contributed by atoms with Crippen molar-refractivity contribution in [2.24, 2.45) is 0 Å². The summed E-state index contributed by atoms with van der Waals surface area (Å²) in [7, 11) is 1.54. The highest BCUT2D eigenvalue weighted by Gasteiger charge is 2.35. The maximum atomic E-state index is 12.5. The molecule has 0 radical (unpaired) electrons. The summed E-state index contributed by atoms with van der Waals surface area (Å²) in [5.74, 6) is 0.427. The maximum absolute atomic E-state index is 12.5.